The molecule has 3 N–H and O–H groups in total. The normalized spacial score (nSPS) is 29.9. The maximum atomic E-state index is 12.8. The lowest BCUT2D eigenvalue weighted by Gasteiger charge is -2.43. The van der Waals surface area contributed by atoms with Gasteiger partial charge in [-0.15, -0.1) is 24.8 Å². The van der Waals surface area contributed by atoms with Crippen LogP contribution in [0.2, 0.25) is 0 Å². The first kappa shape index (κ1) is 23.8. The molecule has 1 amide bonds. The Labute approximate surface area is 185 Å². The maximum Gasteiger partial charge on any atom is 0.227 e. The van der Waals surface area contributed by atoms with Gasteiger partial charge < -0.3 is 11.1 Å². The molecule has 1 aromatic carbocycles. The molecule has 1 aliphatic heterocycles. The molecule has 158 valence electrons. The summed E-state index contributed by atoms with van der Waals surface area (Å²) in [4.78, 5) is 15.3. The maximum absolute atomic E-state index is 12.8. The average Bonchev–Trinajstić information content (AvgIpc) is 2.62. The number of benzene rings is 1. The second-order valence-corrected chi connectivity index (χ2v) is 9.50. The van der Waals surface area contributed by atoms with Crippen LogP contribution in [0.25, 0.3) is 0 Å². The Bertz CT molecular complexity index is 628. The molecule has 1 heterocycles. The standard InChI is InChI=1S/C21H31N3OS.2ClH/c22-20-16-4-2-5-17(20)13-18(12-16)21(25)23-19-6-1-3-15(11-19)14-24-7-9-26-10-8-24;;/h1,3,6,11,16-18,20H,2,4-5,7-10,12-14,22H2,(H,23,25);2*1H. The smallest absolute Gasteiger partial charge is 0.227 e. The van der Waals surface area contributed by atoms with E-state index in [1.807, 2.05) is 17.8 Å². The summed E-state index contributed by atoms with van der Waals surface area (Å²) < 4.78 is 0. The molecule has 1 saturated heterocycles. The third kappa shape index (κ3) is 5.79. The van der Waals surface area contributed by atoms with Crippen LogP contribution in [-0.4, -0.2) is 41.4 Å². The van der Waals surface area contributed by atoms with E-state index in [-0.39, 0.29) is 36.6 Å². The Morgan fingerprint density at radius 2 is 1.82 bits per heavy atom. The van der Waals surface area contributed by atoms with Crippen LogP contribution in [0, 0.1) is 17.8 Å². The number of nitrogens with zero attached hydrogens (tertiary/aromatic N) is 1. The lowest BCUT2D eigenvalue weighted by Crippen LogP contribution is -2.48. The highest BCUT2D eigenvalue weighted by Crippen LogP contribution is 2.42. The minimum Gasteiger partial charge on any atom is -0.327 e. The van der Waals surface area contributed by atoms with Crippen LogP contribution >= 0.6 is 36.6 Å². The van der Waals surface area contributed by atoms with Gasteiger partial charge in [-0.25, -0.2) is 0 Å². The molecule has 0 radical (unpaired) electrons. The van der Waals surface area contributed by atoms with Crippen molar-refractivity contribution in [2.75, 3.05) is 29.9 Å². The number of rotatable bonds is 4. The molecule has 4 nitrogen and oxygen atoms in total. The van der Waals surface area contributed by atoms with E-state index in [0.717, 1.165) is 38.2 Å². The number of fused-ring (bicyclic) bond motifs is 2. The molecular weight excluding hydrogens is 413 g/mol. The van der Waals surface area contributed by atoms with Crippen LogP contribution in [0.1, 0.15) is 37.7 Å². The molecule has 2 saturated carbocycles. The number of carbonyl (C=O) groups excluding carboxylic acids is 1. The van der Waals surface area contributed by atoms with E-state index >= 15 is 0 Å². The van der Waals surface area contributed by atoms with Crippen LogP contribution < -0.4 is 11.1 Å². The van der Waals surface area contributed by atoms with E-state index in [4.69, 9.17) is 5.73 Å². The van der Waals surface area contributed by atoms with Crippen LogP contribution in [0.15, 0.2) is 24.3 Å². The number of anilines is 1. The zero-order valence-electron chi connectivity index (χ0n) is 16.3. The van der Waals surface area contributed by atoms with E-state index in [1.54, 1.807) is 0 Å². The van der Waals surface area contributed by atoms with Crippen LogP contribution in [0.3, 0.4) is 0 Å². The van der Waals surface area contributed by atoms with Gasteiger partial charge >= 0.3 is 0 Å². The molecule has 3 aliphatic rings. The van der Waals surface area contributed by atoms with Crippen molar-refractivity contribution in [3.8, 4) is 0 Å². The van der Waals surface area contributed by atoms with Gasteiger partial charge in [-0.2, -0.15) is 11.8 Å². The molecule has 4 rings (SSSR count). The zero-order chi connectivity index (χ0) is 17.9. The lowest BCUT2D eigenvalue weighted by atomic mass is 9.65. The van der Waals surface area contributed by atoms with Crippen LogP contribution in [0.5, 0.6) is 0 Å². The van der Waals surface area contributed by atoms with Gasteiger partial charge in [0.25, 0.3) is 0 Å². The third-order valence-corrected chi connectivity index (χ3v) is 7.43. The SMILES string of the molecule is Cl.Cl.NC1C2CCCC1CC(C(=O)Nc1cccc(CN3CCSCC3)c1)C2. The minimum absolute atomic E-state index is 0. The van der Waals surface area contributed by atoms with Crippen molar-refractivity contribution in [3.05, 3.63) is 29.8 Å². The van der Waals surface area contributed by atoms with Crippen molar-refractivity contribution < 1.29 is 4.79 Å². The van der Waals surface area contributed by atoms with E-state index in [1.165, 1.54) is 36.3 Å². The first-order valence-corrected chi connectivity index (χ1v) is 11.3. The number of hydrogen-bond acceptors (Lipinski definition) is 4. The molecule has 0 aromatic heterocycles. The molecule has 2 bridgehead atoms. The Kier molecular flexibility index (Phi) is 9.42. The van der Waals surface area contributed by atoms with Gasteiger partial charge in [0.15, 0.2) is 0 Å². The molecule has 0 spiro atoms. The summed E-state index contributed by atoms with van der Waals surface area (Å²) in [7, 11) is 0. The Hall–Kier alpha value is -0.460. The number of nitrogens with one attached hydrogen (secondary N) is 1. The third-order valence-electron chi connectivity index (χ3n) is 6.49. The molecule has 2 aliphatic carbocycles. The zero-order valence-corrected chi connectivity index (χ0v) is 18.8. The fourth-order valence-corrected chi connectivity index (χ4v) is 5.99. The van der Waals surface area contributed by atoms with Crippen molar-refractivity contribution in [2.45, 2.75) is 44.7 Å². The molecule has 28 heavy (non-hydrogen) atoms. The first-order valence-electron chi connectivity index (χ1n) is 10.1. The summed E-state index contributed by atoms with van der Waals surface area (Å²) in [5, 5.41) is 3.19. The van der Waals surface area contributed by atoms with Gasteiger partial charge in [-0.1, -0.05) is 18.6 Å². The van der Waals surface area contributed by atoms with Gasteiger partial charge in [0.05, 0.1) is 0 Å². The van der Waals surface area contributed by atoms with Crippen molar-refractivity contribution in [1.82, 2.24) is 4.90 Å². The Morgan fingerprint density at radius 3 is 2.50 bits per heavy atom. The largest absolute Gasteiger partial charge is 0.327 e. The van der Waals surface area contributed by atoms with E-state index in [0.29, 0.717) is 17.9 Å². The van der Waals surface area contributed by atoms with Gasteiger partial charge in [0.1, 0.15) is 0 Å². The highest BCUT2D eigenvalue weighted by Gasteiger charge is 2.40. The topological polar surface area (TPSA) is 58.4 Å². The van der Waals surface area contributed by atoms with Crippen LogP contribution in [-0.2, 0) is 11.3 Å². The first-order chi connectivity index (χ1) is 12.7. The highest BCUT2D eigenvalue weighted by atomic mass is 35.5. The molecule has 7 heteroatoms. The predicted octanol–water partition coefficient (Wildman–Crippen LogP) is 4.17. The summed E-state index contributed by atoms with van der Waals surface area (Å²) in [6.45, 7) is 3.30. The average molecular weight is 446 g/mol. The molecule has 2 atom stereocenters. The Balaban J connectivity index is 0.00000140. The van der Waals surface area contributed by atoms with Crippen molar-refractivity contribution in [3.63, 3.8) is 0 Å². The van der Waals surface area contributed by atoms with Gasteiger partial charge in [0, 0.05) is 48.8 Å². The summed E-state index contributed by atoms with van der Waals surface area (Å²) in [6.07, 6.45) is 5.62. The van der Waals surface area contributed by atoms with Crippen molar-refractivity contribution in [2.24, 2.45) is 23.5 Å². The van der Waals surface area contributed by atoms with Gasteiger partial charge in [-0.05, 0) is 55.2 Å². The number of halogens is 2. The predicted molar refractivity (Wildman–Crippen MR) is 124 cm³/mol. The minimum atomic E-state index is 0. The number of hydrogen-bond donors (Lipinski definition) is 2. The second-order valence-electron chi connectivity index (χ2n) is 8.27. The number of nitrogens with two attached hydrogens (primary N) is 1. The molecule has 3 fully saturated rings. The van der Waals surface area contributed by atoms with Crippen molar-refractivity contribution >= 4 is 48.2 Å². The van der Waals surface area contributed by atoms with Gasteiger partial charge in [0.2, 0.25) is 5.91 Å². The number of amides is 1. The summed E-state index contributed by atoms with van der Waals surface area (Å²) >= 11 is 2.04. The van der Waals surface area contributed by atoms with Crippen LogP contribution in [0.4, 0.5) is 5.69 Å². The summed E-state index contributed by atoms with van der Waals surface area (Å²) in [5.74, 6) is 3.86. The molecular formula is C21H33Cl2N3OS. The number of carbonyl (C=O) groups is 1. The highest BCUT2D eigenvalue weighted by molar-refractivity contribution is 7.99. The second kappa shape index (κ2) is 11.1. The van der Waals surface area contributed by atoms with Crippen molar-refractivity contribution in [1.29, 1.82) is 0 Å². The Morgan fingerprint density at radius 1 is 1.14 bits per heavy atom. The molecule has 1 aromatic rings. The van der Waals surface area contributed by atoms with E-state index in [9.17, 15) is 4.79 Å². The molecule has 2 unspecified atom stereocenters. The fraction of sp³-hybridized carbons (Fsp3) is 0.667. The van der Waals surface area contributed by atoms with E-state index < -0.39 is 0 Å². The summed E-state index contributed by atoms with van der Waals surface area (Å²) in [5.41, 5.74) is 8.60. The van der Waals surface area contributed by atoms with Gasteiger partial charge in [-0.3, -0.25) is 9.69 Å². The number of thioether (sulfide) groups is 1. The summed E-state index contributed by atoms with van der Waals surface area (Å²) in [6, 6.07) is 8.72. The quantitative estimate of drug-likeness (QED) is 0.729. The lowest BCUT2D eigenvalue weighted by molar-refractivity contribution is -0.122. The monoisotopic (exact) mass is 445 g/mol. The fourth-order valence-electron chi connectivity index (χ4n) is 5.01. The van der Waals surface area contributed by atoms with E-state index in [2.05, 4.69) is 28.4 Å².